The molecule has 0 unspecified atom stereocenters. The number of imidazole rings is 1. The van der Waals surface area contributed by atoms with Crippen LogP contribution in [-0.2, 0) is 20.6 Å². The third-order valence-corrected chi connectivity index (χ3v) is 4.99. The first kappa shape index (κ1) is 16.4. The monoisotopic (exact) mass is 350 g/mol. The molecule has 0 saturated heterocycles. The molecule has 4 aromatic rings. The van der Waals surface area contributed by atoms with Crippen LogP contribution in [0.3, 0.4) is 0 Å². The highest BCUT2D eigenvalue weighted by Gasteiger charge is 2.12. The summed E-state index contributed by atoms with van der Waals surface area (Å²) in [6, 6.07) is 8.08. The number of nitrogens with one attached hydrogen (secondary N) is 1. The Kier molecular flexibility index (Phi) is 3.61. The van der Waals surface area contributed by atoms with Crippen LogP contribution in [-0.4, -0.2) is 23.7 Å². The lowest BCUT2D eigenvalue weighted by molar-refractivity contribution is 0.795. The van der Waals surface area contributed by atoms with Gasteiger partial charge < -0.3 is 5.32 Å². The predicted molar refractivity (Wildman–Crippen MR) is 103 cm³/mol. The quantitative estimate of drug-likeness (QED) is 0.616. The van der Waals surface area contributed by atoms with Crippen LogP contribution in [0.25, 0.3) is 16.7 Å². The predicted octanol–water partition coefficient (Wildman–Crippen LogP) is 2.46. The van der Waals surface area contributed by atoms with E-state index in [1.54, 1.807) is 23.2 Å². The van der Waals surface area contributed by atoms with Gasteiger partial charge in [-0.15, -0.1) is 0 Å². The van der Waals surface area contributed by atoms with Crippen LogP contribution in [0.1, 0.15) is 22.5 Å². The first-order valence-corrected chi connectivity index (χ1v) is 8.58. The van der Waals surface area contributed by atoms with E-state index in [4.69, 9.17) is 0 Å². The van der Waals surface area contributed by atoms with Crippen molar-refractivity contribution in [3.05, 3.63) is 57.3 Å². The van der Waals surface area contributed by atoms with Gasteiger partial charge in [0.2, 0.25) is 0 Å². The lowest BCUT2D eigenvalue weighted by Gasteiger charge is -2.10. The minimum Gasteiger partial charge on any atom is -0.366 e. The summed E-state index contributed by atoms with van der Waals surface area (Å²) in [5.41, 5.74) is 6.85. The Labute approximate surface area is 150 Å². The van der Waals surface area contributed by atoms with Crippen molar-refractivity contribution in [2.75, 3.05) is 5.32 Å². The summed E-state index contributed by atoms with van der Waals surface area (Å²) < 4.78 is 5.19. The first-order valence-electron chi connectivity index (χ1n) is 8.58. The van der Waals surface area contributed by atoms with Gasteiger partial charge in [0.1, 0.15) is 5.82 Å². The van der Waals surface area contributed by atoms with Gasteiger partial charge in [-0.3, -0.25) is 9.13 Å². The first-order chi connectivity index (χ1) is 12.4. The molecule has 0 aliphatic heterocycles. The van der Waals surface area contributed by atoms with Crippen LogP contribution in [0.5, 0.6) is 0 Å². The average molecular weight is 350 g/mol. The van der Waals surface area contributed by atoms with Gasteiger partial charge in [0.15, 0.2) is 5.65 Å². The fraction of sp³-hybridized carbons (Fsp3) is 0.316. The van der Waals surface area contributed by atoms with E-state index >= 15 is 0 Å². The van der Waals surface area contributed by atoms with Gasteiger partial charge in [-0.1, -0.05) is 6.07 Å². The van der Waals surface area contributed by atoms with E-state index in [1.165, 1.54) is 0 Å². The largest absolute Gasteiger partial charge is 0.366 e. The third-order valence-electron chi connectivity index (χ3n) is 4.99. The summed E-state index contributed by atoms with van der Waals surface area (Å²) in [7, 11) is 3.59. The molecule has 0 aliphatic carbocycles. The maximum absolute atomic E-state index is 12.1. The standard InChI is InChI=1S/C19H22N6O/c1-11-8-17(25-18(21-11)12(2)13(3)22-25)20-10-14-6-7-15-16(9-14)24(5)19(26)23(15)4/h6-9,20H,10H2,1-5H3. The summed E-state index contributed by atoms with van der Waals surface area (Å²) in [6.45, 7) is 6.65. The molecule has 1 aromatic carbocycles. The highest BCUT2D eigenvalue weighted by molar-refractivity contribution is 5.77. The van der Waals surface area contributed by atoms with Gasteiger partial charge in [0.25, 0.3) is 0 Å². The number of nitrogens with zero attached hydrogens (tertiary/aromatic N) is 5. The van der Waals surface area contributed by atoms with Gasteiger partial charge in [0.05, 0.1) is 16.7 Å². The van der Waals surface area contributed by atoms with E-state index in [9.17, 15) is 4.79 Å². The summed E-state index contributed by atoms with van der Waals surface area (Å²) in [6.07, 6.45) is 0. The lowest BCUT2D eigenvalue weighted by Crippen LogP contribution is -2.19. The van der Waals surface area contributed by atoms with E-state index in [-0.39, 0.29) is 5.69 Å². The van der Waals surface area contributed by atoms with E-state index in [2.05, 4.69) is 21.5 Å². The van der Waals surface area contributed by atoms with Gasteiger partial charge in [-0.2, -0.15) is 9.61 Å². The van der Waals surface area contributed by atoms with Crippen molar-refractivity contribution < 1.29 is 0 Å². The zero-order valence-electron chi connectivity index (χ0n) is 15.7. The zero-order chi connectivity index (χ0) is 18.6. The second-order valence-electron chi connectivity index (χ2n) is 6.81. The van der Waals surface area contributed by atoms with Crippen LogP contribution in [0.2, 0.25) is 0 Å². The van der Waals surface area contributed by atoms with Crippen molar-refractivity contribution in [3.8, 4) is 0 Å². The second kappa shape index (κ2) is 5.72. The maximum Gasteiger partial charge on any atom is 0.328 e. The van der Waals surface area contributed by atoms with E-state index in [0.29, 0.717) is 6.54 Å². The summed E-state index contributed by atoms with van der Waals surface area (Å²) >= 11 is 0. The Hall–Kier alpha value is -3.09. The van der Waals surface area contributed by atoms with Crippen LogP contribution < -0.4 is 11.0 Å². The van der Waals surface area contributed by atoms with E-state index in [0.717, 1.165) is 45.0 Å². The van der Waals surface area contributed by atoms with Crippen molar-refractivity contribution in [3.63, 3.8) is 0 Å². The van der Waals surface area contributed by atoms with Crippen LogP contribution in [0.4, 0.5) is 5.82 Å². The molecule has 7 nitrogen and oxygen atoms in total. The molecule has 0 amide bonds. The Morgan fingerprint density at radius 3 is 2.54 bits per heavy atom. The number of rotatable bonds is 3. The Morgan fingerprint density at radius 1 is 1.04 bits per heavy atom. The van der Waals surface area contributed by atoms with Crippen molar-refractivity contribution in [2.24, 2.45) is 14.1 Å². The van der Waals surface area contributed by atoms with Crippen molar-refractivity contribution >= 4 is 22.5 Å². The summed E-state index contributed by atoms with van der Waals surface area (Å²) in [5, 5.41) is 8.05. The molecule has 0 fully saturated rings. The van der Waals surface area contributed by atoms with Crippen molar-refractivity contribution in [1.29, 1.82) is 0 Å². The highest BCUT2D eigenvalue weighted by Crippen LogP contribution is 2.20. The van der Waals surface area contributed by atoms with Gasteiger partial charge in [-0.25, -0.2) is 9.78 Å². The molecule has 0 saturated carbocycles. The Morgan fingerprint density at radius 2 is 1.77 bits per heavy atom. The number of fused-ring (bicyclic) bond motifs is 2. The minimum absolute atomic E-state index is 0.0148. The topological polar surface area (TPSA) is 69.2 Å². The summed E-state index contributed by atoms with van der Waals surface area (Å²) in [5.74, 6) is 0.908. The van der Waals surface area contributed by atoms with E-state index in [1.807, 2.05) is 43.5 Å². The fourth-order valence-electron chi connectivity index (χ4n) is 3.33. The van der Waals surface area contributed by atoms with Gasteiger partial charge in [-0.05, 0) is 38.5 Å². The number of anilines is 1. The molecule has 0 aliphatic rings. The minimum atomic E-state index is -0.0148. The smallest absolute Gasteiger partial charge is 0.328 e. The molecule has 0 spiro atoms. The van der Waals surface area contributed by atoms with Gasteiger partial charge in [0, 0.05) is 38.0 Å². The number of hydrogen-bond acceptors (Lipinski definition) is 4. The number of benzene rings is 1. The second-order valence-corrected chi connectivity index (χ2v) is 6.81. The average Bonchev–Trinajstić information content (AvgIpc) is 3.02. The van der Waals surface area contributed by atoms with Crippen molar-refractivity contribution in [2.45, 2.75) is 27.3 Å². The molecule has 0 atom stereocenters. The molecule has 0 bridgehead atoms. The lowest BCUT2D eigenvalue weighted by atomic mass is 10.2. The Bertz CT molecular complexity index is 1210. The molecule has 3 heterocycles. The molecule has 26 heavy (non-hydrogen) atoms. The Balaban J connectivity index is 1.70. The normalized spacial score (nSPS) is 11.6. The number of aromatic nitrogens is 5. The number of hydrogen-bond donors (Lipinski definition) is 1. The number of aryl methyl sites for hydroxylation is 5. The maximum atomic E-state index is 12.1. The van der Waals surface area contributed by atoms with Crippen LogP contribution in [0, 0.1) is 20.8 Å². The highest BCUT2D eigenvalue weighted by atomic mass is 16.1. The van der Waals surface area contributed by atoms with Crippen molar-refractivity contribution in [1.82, 2.24) is 23.7 Å². The fourth-order valence-corrected chi connectivity index (χ4v) is 3.33. The molecular weight excluding hydrogens is 328 g/mol. The SMILES string of the molecule is Cc1cc(NCc2ccc3c(c2)n(C)c(=O)n3C)n2nc(C)c(C)c2n1. The molecular formula is C19H22N6O. The molecule has 1 N–H and O–H groups in total. The molecule has 4 rings (SSSR count). The third kappa shape index (κ3) is 2.39. The molecule has 3 aromatic heterocycles. The van der Waals surface area contributed by atoms with Crippen LogP contribution >= 0.6 is 0 Å². The van der Waals surface area contributed by atoms with E-state index < -0.39 is 0 Å². The van der Waals surface area contributed by atoms with Crippen LogP contribution in [0.15, 0.2) is 29.1 Å². The zero-order valence-corrected chi connectivity index (χ0v) is 15.7. The molecule has 0 radical (unpaired) electrons. The molecule has 7 heteroatoms. The summed E-state index contributed by atoms with van der Waals surface area (Å²) in [4.78, 5) is 16.7. The molecule has 134 valence electrons. The van der Waals surface area contributed by atoms with Gasteiger partial charge >= 0.3 is 5.69 Å².